The van der Waals surface area contributed by atoms with E-state index in [1.165, 1.54) is 6.07 Å². The highest BCUT2D eigenvalue weighted by atomic mass is 35.5. The minimum absolute atomic E-state index is 0.0701. The number of benzene rings is 1. The summed E-state index contributed by atoms with van der Waals surface area (Å²) in [5, 5.41) is 5.76. The molecule has 0 bridgehead atoms. The molecule has 2 aliphatic rings. The van der Waals surface area contributed by atoms with Crippen molar-refractivity contribution >= 4 is 29.2 Å². The van der Waals surface area contributed by atoms with Gasteiger partial charge in [-0.15, -0.1) is 13.2 Å². The Kier molecular flexibility index (Phi) is 8.55. The van der Waals surface area contributed by atoms with Gasteiger partial charge in [0, 0.05) is 31.0 Å². The van der Waals surface area contributed by atoms with Crippen molar-refractivity contribution in [1.29, 1.82) is 0 Å². The number of fused-ring (bicyclic) bond motifs is 1. The van der Waals surface area contributed by atoms with E-state index in [9.17, 15) is 27.6 Å². The molecule has 1 fully saturated rings. The lowest BCUT2D eigenvalue weighted by Crippen LogP contribution is -2.42. The van der Waals surface area contributed by atoms with Crippen LogP contribution in [0, 0.1) is 0 Å². The lowest BCUT2D eigenvalue weighted by atomic mass is 9.92. The van der Waals surface area contributed by atoms with Gasteiger partial charge in [0.15, 0.2) is 11.9 Å². The average Bonchev–Trinajstić information content (AvgIpc) is 2.71. The molecule has 1 aliphatic heterocycles. The van der Waals surface area contributed by atoms with E-state index in [1.807, 2.05) is 0 Å². The van der Waals surface area contributed by atoms with Crippen molar-refractivity contribution in [3.8, 4) is 5.75 Å². The Morgan fingerprint density at radius 3 is 2.52 bits per heavy atom. The molecule has 1 saturated carbocycles. The van der Waals surface area contributed by atoms with Gasteiger partial charge in [-0.05, 0) is 31.0 Å². The lowest BCUT2D eigenvalue weighted by molar-refractivity contribution is -0.357. The molecule has 2 amide bonds. The normalized spacial score (nSPS) is 22.1. The number of ether oxygens (including phenoxy) is 3. The molecule has 2 N–H and O–H groups in total. The molecule has 0 aromatic heterocycles. The zero-order valence-electron chi connectivity index (χ0n) is 17.6. The molecule has 0 spiro atoms. The van der Waals surface area contributed by atoms with Crippen molar-refractivity contribution in [2.75, 3.05) is 19.7 Å². The van der Waals surface area contributed by atoms with Crippen LogP contribution in [0.5, 0.6) is 5.75 Å². The van der Waals surface area contributed by atoms with Gasteiger partial charge in [0.2, 0.25) is 5.91 Å². The number of alkyl halides is 3. The van der Waals surface area contributed by atoms with Crippen LogP contribution < -0.4 is 15.4 Å². The first kappa shape index (κ1) is 25.3. The van der Waals surface area contributed by atoms with Crippen LogP contribution in [0.3, 0.4) is 0 Å². The van der Waals surface area contributed by atoms with E-state index in [-0.39, 0.29) is 37.6 Å². The lowest BCUT2D eigenvalue weighted by Gasteiger charge is -2.34. The maximum absolute atomic E-state index is 12.3. The van der Waals surface area contributed by atoms with Gasteiger partial charge in [-0.3, -0.25) is 19.1 Å². The van der Waals surface area contributed by atoms with Crippen molar-refractivity contribution in [3.05, 3.63) is 28.8 Å². The third-order valence-corrected chi connectivity index (χ3v) is 5.44. The smallest absolute Gasteiger partial charge is 0.479 e. The fourth-order valence-corrected chi connectivity index (χ4v) is 3.60. The number of ketones is 1. The standard InChI is InChI=1S/C21H24ClF3N2O6/c22-12-3-4-17-15(7-12)16(28)10-18(32-17)20(30)27-6-2-1-5-26-19(29)11-31-13-8-14(9-13)33-21(23,24)25/h3-4,7,13-14,18H,1-2,5-6,8-11H2,(H,26,29)(H,27,30)/t13-,14+,18-/m1/s1. The third-order valence-electron chi connectivity index (χ3n) is 5.20. The number of carbonyl (C=O) groups is 3. The van der Waals surface area contributed by atoms with Crippen molar-refractivity contribution < 1.29 is 41.8 Å². The Hall–Kier alpha value is -2.37. The highest BCUT2D eigenvalue weighted by molar-refractivity contribution is 6.31. The number of Topliss-reactive ketones (excluding diaryl/α,β-unsaturated/α-hetero) is 1. The summed E-state index contributed by atoms with van der Waals surface area (Å²) in [7, 11) is 0. The van der Waals surface area contributed by atoms with Gasteiger partial charge < -0.3 is 20.1 Å². The molecular formula is C21H24ClF3N2O6. The first-order valence-electron chi connectivity index (χ1n) is 10.5. The quantitative estimate of drug-likeness (QED) is 0.487. The van der Waals surface area contributed by atoms with E-state index in [1.54, 1.807) is 12.1 Å². The molecule has 1 heterocycles. The zero-order valence-corrected chi connectivity index (χ0v) is 18.3. The minimum Gasteiger partial charge on any atom is -0.479 e. The molecule has 1 aromatic rings. The number of amides is 2. The minimum atomic E-state index is -4.66. The van der Waals surface area contributed by atoms with Crippen LogP contribution in [0.15, 0.2) is 18.2 Å². The van der Waals surface area contributed by atoms with E-state index in [4.69, 9.17) is 21.1 Å². The predicted octanol–water partition coefficient (Wildman–Crippen LogP) is 2.77. The maximum Gasteiger partial charge on any atom is 0.522 e. The fourth-order valence-electron chi connectivity index (χ4n) is 3.43. The van der Waals surface area contributed by atoms with Crippen LogP contribution in [0.4, 0.5) is 13.2 Å². The van der Waals surface area contributed by atoms with Crippen molar-refractivity contribution in [2.24, 2.45) is 0 Å². The Morgan fingerprint density at radius 1 is 1.12 bits per heavy atom. The van der Waals surface area contributed by atoms with Crippen LogP contribution in [0.25, 0.3) is 0 Å². The van der Waals surface area contributed by atoms with E-state index in [2.05, 4.69) is 15.4 Å². The molecule has 33 heavy (non-hydrogen) atoms. The van der Waals surface area contributed by atoms with Crippen LogP contribution in [-0.4, -0.2) is 62.0 Å². The van der Waals surface area contributed by atoms with Gasteiger partial charge in [-0.1, -0.05) is 11.6 Å². The molecule has 1 aromatic carbocycles. The summed E-state index contributed by atoms with van der Waals surface area (Å²) in [6.07, 6.45) is -5.61. The van der Waals surface area contributed by atoms with Crippen LogP contribution in [0.2, 0.25) is 5.02 Å². The largest absolute Gasteiger partial charge is 0.522 e. The number of halogens is 4. The number of hydrogen-bond acceptors (Lipinski definition) is 6. The van der Waals surface area contributed by atoms with Gasteiger partial charge in [0.05, 0.1) is 24.2 Å². The van der Waals surface area contributed by atoms with Crippen LogP contribution in [-0.2, 0) is 19.1 Å². The summed E-state index contributed by atoms with van der Waals surface area (Å²) in [5.41, 5.74) is 0.359. The molecule has 12 heteroatoms. The van der Waals surface area contributed by atoms with E-state index in [0.29, 0.717) is 42.3 Å². The third kappa shape index (κ3) is 7.86. The van der Waals surface area contributed by atoms with Crippen LogP contribution >= 0.6 is 11.6 Å². The topological polar surface area (TPSA) is 103 Å². The van der Waals surface area contributed by atoms with Gasteiger partial charge >= 0.3 is 6.36 Å². The zero-order chi connectivity index (χ0) is 24.0. The molecule has 8 nitrogen and oxygen atoms in total. The van der Waals surface area contributed by atoms with Gasteiger partial charge in [-0.25, -0.2) is 0 Å². The first-order valence-corrected chi connectivity index (χ1v) is 10.9. The molecule has 1 aliphatic carbocycles. The molecule has 0 saturated heterocycles. The van der Waals surface area contributed by atoms with Crippen molar-refractivity contribution in [3.63, 3.8) is 0 Å². The van der Waals surface area contributed by atoms with Crippen molar-refractivity contribution in [2.45, 2.75) is 56.8 Å². The molecule has 182 valence electrons. The van der Waals surface area contributed by atoms with E-state index >= 15 is 0 Å². The highest BCUT2D eigenvalue weighted by Crippen LogP contribution is 2.32. The number of rotatable bonds is 10. The maximum atomic E-state index is 12.3. The second-order valence-electron chi connectivity index (χ2n) is 7.81. The monoisotopic (exact) mass is 492 g/mol. The summed E-state index contributed by atoms with van der Waals surface area (Å²) in [5.74, 6) is -0.651. The van der Waals surface area contributed by atoms with Crippen LogP contribution in [0.1, 0.15) is 42.5 Å². The van der Waals surface area contributed by atoms with Gasteiger partial charge in [0.25, 0.3) is 5.91 Å². The number of nitrogens with one attached hydrogen (secondary N) is 2. The van der Waals surface area contributed by atoms with E-state index < -0.39 is 30.6 Å². The highest BCUT2D eigenvalue weighted by Gasteiger charge is 2.40. The van der Waals surface area contributed by atoms with E-state index in [0.717, 1.165) is 0 Å². The second-order valence-corrected chi connectivity index (χ2v) is 8.25. The molecule has 1 atom stereocenters. The summed E-state index contributed by atoms with van der Waals surface area (Å²) in [4.78, 5) is 36.2. The Morgan fingerprint density at radius 2 is 1.82 bits per heavy atom. The summed E-state index contributed by atoms with van der Waals surface area (Å²) in [6.45, 7) is 0.463. The molecule has 0 radical (unpaired) electrons. The first-order chi connectivity index (χ1) is 15.6. The summed E-state index contributed by atoms with van der Waals surface area (Å²) >= 11 is 5.88. The predicted molar refractivity (Wildman–Crippen MR) is 110 cm³/mol. The van der Waals surface area contributed by atoms with Crippen molar-refractivity contribution in [1.82, 2.24) is 10.6 Å². The summed E-state index contributed by atoms with van der Waals surface area (Å²) in [6, 6.07) is 4.65. The number of carbonyl (C=O) groups excluding carboxylic acids is 3. The number of hydrogen-bond donors (Lipinski definition) is 2. The Labute approximate surface area is 193 Å². The molecular weight excluding hydrogens is 469 g/mol. The van der Waals surface area contributed by atoms with Gasteiger partial charge in [0.1, 0.15) is 12.4 Å². The second kappa shape index (κ2) is 11.2. The Balaban J connectivity index is 1.22. The average molecular weight is 493 g/mol. The molecule has 0 unspecified atom stereocenters. The Bertz CT molecular complexity index is 876. The van der Waals surface area contributed by atoms with Gasteiger partial charge in [-0.2, -0.15) is 0 Å². The molecule has 3 rings (SSSR count). The summed E-state index contributed by atoms with van der Waals surface area (Å²) < 4.78 is 50.8. The number of unbranched alkanes of at least 4 members (excludes halogenated alkanes) is 1. The SMILES string of the molecule is O=C(CO[C@H]1C[C@@H](OC(F)(F)F)C1)NCCCCNC(=O)[C@H]1CC(=O)c2cc(Cl)ccc2O1. The fraction of sp³-hybridized carbons (Fsp3) is 0.571.